The van der Waals surface area contributed by atoms with Gasteiger partial charge in [0, 0.05) is 19.1 Å². The van der Waals surface area contributed by atoms with Crippen LogP contribution in [0.5, 0.6) is 0 Å². The van der Waals surface area contributed by atoms with Gasteiger partial charge < -0.3 is 10.2 Å². The number of piperidine rings is 1. The van der Waals surface area contributed by atoms with Gasteiger partial charge in [-0.1, -0.05) is 20.3 Å². The first-order valence-corrected chi connectivity index (χ1v) is 6.64. The summed E-state index contributed by atoms with van der Waals surface area (Å²) in [6.07, 6.45) is 6.06. The number of carbonyl (C=O) groups excluding carboxylic acids is 1. The summed E-state index contributed by atoms with van der Waals surface area (Å²) in [6, 6.07) is 0.634. The molecule has 1 N–H and O–H groups in total. The highest BCUT2D eigenvalue weighted by Crippen LogP contribution is 2.33. The van der Waals surface area contributed by atoms with Crippen molar-refractivity contribution in [3.05, 3.63) is 0 Å². The highest BCUT2D eigenvalue weighted by Gasteiger charge is 2.30. The van der Waals surface area contributed by atoms with Crippen LogP contribution < -0.4 is 5.32 Å². The van der Waals surface area contributed by atoms with E-state index in [9.17, 15) is 4.79 Å². The van der Waals surface area contributed by atoms with E-state index in [-0.39, 0.29) is 0 Å². The number of amides is 1. The van der Waals surface area contributed by atoms with Crippen LogP contribution in [0.15, 0.2) is 0 Å². The Hall–Kier alpha value is -0.570. The van der Waals surface area contributed by atoms with Crippen LogP contribution in [0.3, 0.4) is 0 Å². The molecular formula is C13H24N2O. The topological polar surface area (TPSA) is 32.3 Å². The molecule has 92 valence electrons. The second-order valence-electron chi connectivity index (χ2n) is 5.70. The van der Waals surface area contributed by atoms with Gasteiger partial charge in [-0.3, -0.25) is 4.79 Å². The van der Waals surface area contributed by atoms with Gasteiger partial charge >= 0.3 is 0 Å². The molecule has 1 aliphatic carbocycles. The maximum Gasteiger partial charge on any atom is 0.236 e. The molecule has 1 heterocycles. The number of nitrogens with one attached hydrogen (secondary N) is 1. The van der Waals surface area contributed by atoms with Crippen LogP contribution >= 0.6 is 0 Å². The molecule has 2 aliphatic rings. The molecule has 16 heavy (non-hydrogen) atoms. The molecule has 1 aliphatic heterocycles. The first kappa shape index (κ1) is 11.9. The normalized spacial score (nSPS) is 24.5. The molecule has 0 unspecified atom stereocenters. The Labute approximate surface area is 98.6 Å². The third-order valence-corrected chi connectivity index (χ3v) is 4.30. The summed E-state index contributed by atoms with van der Waals surface area (Å²) in [5.74, 6) is 0.296. The molecule has 0 atom stereocenters. The number of hydrogen-bond acceptors (Lipinski definition) is 2. The van der Waals surface area contributed by atoms with Crippen molar-refractivity contribution in [3.8, 4) is 0 Å². The second kappa shape index (κ2) is 4.74. The van der Waals surface area contributed by atoms with Gasteiger partial charge in [0.05, 0.1) is 6.54 Å². The van der Waals surface area contributed by atoms with Gasteiger partial charge in [0.15, 0.2) is 0 Å². The molecule has 0 aromatic rings. The number of hydrogen-bond donors (Lipinski definition) is 1. The Balaban J connectivity index is 1.72. The Kier molecular flexibility index (Phi) is 3.53. The standard InChI is InChI=1S/C13H24N2O/c1-3-13(2)6-8-15(9-7-13)12(16)10-14-11-4-5-11/h11,14H,3-10H2,1-2H3. The number of carbonyl (C=O) groups is 1. The van der Waals surface area contributed by atoms with Crippen molar-refractivity contribution in [1.29, 1.82) is 0 Å². The van der Waals surface area contributed by atoms with Gasteiger partial charge in [-0.05, 0) is 31.1 Å². The lowest BCUT2D eigenvalue weighted by Crippen LogP contribution is -2.45. The molecule has 1 saturated carbocycles. The number of likely N-dealkylation sites (tertiary alicyclic amines) is 1. The average molecular weight is 224 g/mol. The van der Waals surface area contributed by atoms with Gasteiger partial charge in [0.25, 0.3) is 0 Å². The minimum Gasteiger partial charge on any atom is -0.342 e. The number of nitrogens with zero attached hydrogens (tertiary/aromatic N) is 1. The van der Waals surface area contributed by atoms with E-state index in [2.05, 4.69) is 19.2 Å². The molecule has 0 aromatic carbocycles. The van der Waals surface area contributed by atoms with Crippen molar-refractivity contribution >= 4 is 5.91 Å². The lowest BCUT2D eigenvalue weighted by atomic mass is 9.78. The van der Waals surface area contributed by atoms with Crippen LogP contribution in [-0.2, 0) is 4.79 Å². The van der Waals surface area contributed by atoms with Crippen LogP contribution in [0.4, 0.5) is 0 Å². The van der Waals surface area contributed by atoms with Crippen molar-refractivity contribution in [2.75, 3.05) is 19.6 Å². The minimum atomic E-state index is 0.296. The first-order chi connectivity index (χ1) is 7.63. The zero-order chi connectivity index (χ0) is 11.6. The van der Waals surface area contributed by atoms with Crippen LogP contribution in [-0.4, -0.2) is 36.5 Å². The smallest absolute Gasteiger partial charge is 0.236 e. The van der Waals surface area contributed by atoms with Crippen LogP contribution in [0, 0.1) is 5.41 Å². The molecule has 1 saturated heterocycles. The Morgan fingerprint density at radius 3 is 2.50 bits per heavy atom. The zero-order valence-electron chi connectivity index (χ0n) is 10.6. The minimum absolute atomic E-state index is 0.296. The van der Waals surface area contributed by atoms with Crippen LogP contribution in [0.2, 0.25) is 0 Å². The molecular weight excluding hydrogens is 200 g/mol. The summed E-state index contributed by atoms with van der Waals surface area (Å²) in [4.78, 5) is 13.9. The summed E-state index contributed by atoms with van der Waals surface area (Å²) in [5, 5.41) is 3.30. The van der Waals surface area contributed by atoms with E-state index < -0.39 is 0 Å². The highest BCUT2D eigenvalue weighted by molar-refractivity contribution is 5.78. The second-order valence-corrected chi connectivity index (χ2v) is 5.70. The van der Waals surface area contributed by atoms with Crippen LogP contribution in [0.1, 0.15) is 46.0 Å². The molecule has 3 nitrogen and oxygen atoms in total. The summed E-state index contributed by atoms with van der Waals surface area (Å²) >= 11 is 0. The van der Waals surface area contributed by atoms with Gasteiger partial charge in [0.2, 0.25) is 5.91 Å². The molecule has 0 bridgehead atoms. The van der Waals surface area contributed by atoms with E-state index in [1.54, 1.807) is 0 Å². The molecule has 0 radical (unpaired) electrons. The molecule has 3 heteroatoms. The predicted octanol–water partition coefficient (Wildman–Crippen LogP) is 1.78. The van der Waals surface area contributed by atoms with Gasteiger partial charge in [-0.15, -0.1) is 0 Å². The molecule has 1 amide bonds. The van der Waals surface area contributed by atoms with Crippen molar-refractivity contribution in [2.45, 2.75) is 52.0 Å². The zero-order valence-corrected chi connectivity index (χ0v) is 10.6. The van der Waals surface area contributed by atoms with Crippen LogP contribution in [0.25, 0.3) is 0 Å². The summed E-state index contributed by atoms with van der Waals surface area (Å²) in [6.45, 7) is 7.06. The fourth-order valence-electron chi connectivity index (χ4n) is 2.28. The molecule has 0 spiro atoms. The average Bonchev–Trinajstić information content (AvgIpc) is 3.11. The van der Waals surface area contributed by atoms with Crippen molar-refractivity contribution in [1.82, 2.24) is 10.2 Å². The largest absolute Gasteiger partial charge is 0.342 e. The van der Waals surface area contributed by atoms with Crippen molar-refractivity contribution in [3.63, 3.8) is 0 Å². The quantitative estimate of drug-likeness (QED) is 0.789. The van der Waals surface area contributed by atoms with E-state index in [0.29, 0.717) is 23.9 Å². The summed E-state index contributed by atoms with van der Waals surface area (Å²) in [5.41, 5.74) is 0.473. The number of rotatable bonds is 4. The third kappa shape index (κ3) is 2.97. The SMILES string of the molecule is CCC1(C)CCN(C(=O)CNC2CC2)CC1. The predicted molar refractivity (Wildman–Crippen MR) is 65.2 cm³/mol. The summed E-state index contributed by atoms with van der Waals surface area (Å²) in [7, 11) is 0. The highest BCUT2D eigenvalue weighted by atomic mass is 16.2. The Bertz CT molecular complexity index is 253. The first-order valence-electron chi connectivity index (χ1n) is 6.64. The van der Waals surface area contributed by atoms with Gasteiger partial charge in [-0.25, -0.2) is 0 Å². The fourth-order valence-corrected chi connectivity index (χ4v) is 2.28. The molecule has 0 aromatic heterocycles. The summed E-state index contributed by atoms with van der Waals surface area (Å²) < 4.78 is 0. The monoisotopic (exact) mass is 224 g/mol. The van der Waals surface area contributed by atoms with E-state index in [4.69, 9.17) is 0 Å². The van der Waals surface area contributed by atoms with E-state index in [1.807, 2.05) is 4.90 Å². The van der Waals surface area contributed by atoms with E-state index in [0.717, 1.165) is 13.1 Å². The van der Waals surface area contributed by atoms with Crippen molar-refractivity contribution < 1.29 is 4.79 Å². The van der Waals surface area contributed by atoms with Gasteiger partial charge in [0.1, 0.15) is 0 Å². The van der Waals surface area contributed by atoms with E-state index >= 15 is 0 Å². The third-order valence-electron chi connectivity index (χ3n) is 4.30. The van der Waals surface area contributed by atoms with Crippen molar-refractivity contribution in [2.24, 2.45) is 5.41 Å². The molecule has 2 fully saturated rings. The lowest BCUT2D eigenvalue weighted by Gasteiger charge is -2.39. The Morgan fingerprint density at radius 2 is 2.00 bits per heavy atom. The fraction of sp³-hybridized carbons (Fsp3) is 0.923. The maximum absolute atomic E-state index is 11.9. The molecule has 2 rings (SSSR count). The Morgan fingerprint density at radius 1 is 1.38 bits per heavy atom. The van der Waals surface area contributed by atoms with Gasteiger partial charge in [-0.2, -0.15) is 0 Å². The van der Waals surface area contributed by atoms with E-state index in [1.165, 1.54) is 32.1 Å². The lowest BCUT2D eigenvalue weighted by molar-refractivity contribution is -0.132. The maximum atomic E-state index is 11.9.